The van der Waals surface area contributed by atoms with Crippen LogP contribution in [0.3, 0.4) is 0 Å². The molecular formula is C32H35N3O6. The maximum Gasteiger partial charge on any atom is 0.343 e. The third kappa shape index (κ3) is 6.57. The average Bonchev–Trinajstić information content (AvgIpc) is 2.96. The standard InChI is InChI=1S/C32H35N3O6/c1-7-39-28-15-21(5)25(17-24(28)20(3)4)31-34-26-12-10-9-11-23(26)32(37)35(31)33-18-22-13-14-27(29(16-22)40-8-2)41-19-30(36)38-6/h9-18,20H,7-8,19H2,1-6H3. The molecule has 0 spiro atoms. The summed E-state index contributed by atoms with van der Waals surface area (Å²) in [6.07, 6.45) is 1.57. The van der Waals surface area contributed by atoms with Gasteiger partial charge in [-0.05, 0) is 85.8 Å². The van der Waals surface area contributed by atoms with E-state index in [9.17, 15) is 9.59 Å². The highest BCUT2D eigenvalue weighted by atomic mass is 16.6. The SMILES string of the molecule is CCOc1cc(C=Nn2c(-c3cc(C(C)C)c(OCC)cc3C)nc3ccccc3c2=O)ccc1OCC(=O)OC. The van der Waals surface area contributed by atoms with Crippen LogP contribution in [-0.2, 0) is 9.53 Å². The van der Waals surface area contributed by atoms with E-state index in [-0.39, 0.29) is 18.1 Å². The van der Waals surface area contributed by atoms with Crippen molar-refractivity contribution in [3.63, 3.8) is 0 Å². The lowest BCUT2D eigenvalue weighted by atomic mass is 9.96. The number of carbonyl (C=O) groups is 1. The number of esters is 1. The summed E-state index contributed by atoms with van der Waals surface area (Å²) < 4.78 is 23.2. The molecule has 0 amide bonds. The molecule has 9 heteroatoms. The van der Waals surface area contributed by atoms with Crippen LogP contribution in [0, 0.1) is 6.92 Å². The Kier molecular flexibility index (Phi) is 9.39. The third-order valence-electron chi connectivity index (χ3n) is 6.44. The fourth-order valence-electron chi connectivity index (χ4n) is 4.39. The Morgan fingerprint density at radius 1 is 0.976 bits per heavy atom. The summed E-state index contributed by atoms with van der Waals surface area (Å²) >= 11 is 0. The number of carbonyl (C=O) groups excluding carboxylic acids is 1. The van der Waals surface area contributed by atoms with Crippen LogP contribution in [0.4, 0.5) is 0 Å². The fourth-order valence-corrected chi connectivity index (χ4v) is 4.39. The number of aryl methyl sites for hydroxylation is 1. The topological polar surface area (TPSA) is 101 Å². The number of hydrogen-bond donors (Lipinski definition) is 0. The molecule has 0 unspecified atom stereocenters. The lowest BCUT2D eigenvalue weighted by Crippen LogP contribution is -2.21. The van der Waals surface area contributed by atoms with Crippen molar-refractivity contribution in [2.24, 2.45) is 5.10 Å². The largest absolute Gasteiger partial charge is 0.494 e. The van der Waals surface area contributed by atoms with E-state index in [4.69, 9.17) is 19.2 Å². The summed E-state index contributed by atoms with van der Waals surface area (Å²) in [6, 6.07) is 16.4. The van der Waals surface area contributed by atoms with Gasteiger partial charge in [0.2, 0.25) is 0 Å². The van der Waals surface area contributed by atoms with Crippen molar-refractivity contribution >= 4 is 23.1 Å². The molecule has 0 atom stereocenters. The maximum atomic E-state index is 13.7. The second-order valence-corrected chi connectivity index (χ2v) is 9.61. The molecule has 0 bridgehead atoms. The van der Waals surface area contributed by atoms with E-state index >= 15 is 0 Å². The molecule has 4 rings (SSSR count). The molecule has 1 aromatic heterocycles. The molecule has 1 heterocycles. The highest BCUT2D eigenvalue weighted by Gasteiger charge is 2.19. The van der Waals surface area contributed by atoms with Crippen molar-refractivity contribution in [1.29, 1.82) is 0 Å². The predicted octanol–water partition coefficient (Wildman–Crippen LogP) is 5.73. The van der Waals surface area contributed by atoms with Crippen LogP contribution in [0.25, 0.3) is 22.3 Å². The van der Waals surface area contributed by atoms with Crippen molar-refractivity contribution in [2.45, 2.75) is 40.5 Å². The van der Waals surface area contributed by atoms with Crippen molar-refractivity contribution < 1.29 is 23.7 Å². The van der Waals surface area contributed by atoms with E-state index in [2.05, 4.69) is 23.7 Å². The molecule has 0 radical (unpaired) electrons. The highest BCUT2D eigenvalue weighted by molar-refractivity contribution is 5.83. The monoisotopic (exact) mass is 557 g/mol. The zero-order valence-electron chi connectivity index (χ0n) is 24.3. The first-order valence-corrected chi connectivity index (χ1v) is 13.6. The van der Waals surface area contributed by atoms with E-state index in [1.54, 1.807) is 36.5 Å². The summed E-state index contributed by atoms with van der Waals surface area (Å²) in [5, 5.41) is 5.07. The van der Waals surface area contributed by atoms with Gasteiger partial charge in [0, 0.05) is 5.56 Å². The van der Waals surface area contributed by atoms with E-state index in [0.29, 0.717) is 47.0 Å². The van der Waals surface area contributed by atoms with Crippen LogP contribution in [0.15, 0.2) is 64.5 Å². The van der Waals surface area contributed by atoms with Crippen molar-refractivity contribution in [2.75, 3.05) is 26.9 Å². The Morgan fingerprint density at radius 2 is 1.71 bits per heavy atom. The molecule has 0 saturated heterocycles. The summed E-state index contributed by atoms with van der Waals surface area (Å²) in [7, 11) is 1.30. The lowest BCUT2D eigenvalue weighted by molar-refractivity contribution is -0.142. The molecule has 0 aliphatic carbocycles. The summed E-state index contributed by atoms with van der Waals surface area (Å²) in [5.41, 5.74) is 3.69. The van der Waals surface area contributed by atoms with Gasteiger partial charge in [-0.2, -0.15) is 9.78 Å². The Balaban J connectivity index is 1.84. The number of benzene rings is 3. The number of fused-ring (bicyclic) bond motifs is 1. The van der Waals surface area contributed by atoms with Crippen LogP contribution >= 0.6 is 0 Å². The maximum absolute atomic E-state index is 13.7. The van der Waals surface area contributed by atoms with E-state index < -0.39 is 5.97 Å². The average molecular weight is 558 g/mol. The number of aromatic nitrogens is 2. The quantitative estimate of drug-likeness (QED) is 0.172. The minimum atomic E-state index is -0.501. The number of methoxy groups -OCH3 is 1. The molecule has 0 aliphatic heterocycles. The smallest absolute Gasteiger partial charge is 0.343 e. The molecule has 0 saturated carbocycles. The lowest BCUT2D eigenvalue weighted by Gasteiger charge is -2.18. The van der Waals surface area contributed by atoms with Gasteiger partial charge >= 0.3 is 5.97 Å². The van der Waals surface area contributed by atoms with E-state index in [1.165, 1.54) is 11.8 Å². The van der Waals surface area contributed by atoms with E-state index in [1.807, 2.05) is 45.0 Å². The van der Waals surface area contributed by atoms with Gasteiger partial charge in [0.15, 0.2) is 23.9 Å². The first kappa shape index (κ1) is 29.3. The third-order valence-corrected chi connectivity index (χ3v) is 6.44. The van der Waals surface area contributed by atoms with E-state index in [0.717, 1.165) is 22.4 Å². The van der Waals surface area contributed by atoms with Crippen LogP contribution in [0.2, 0.25) is 0 Å². The number of rotatable bonds is 11. The molecule has 0 aliphatic rings. The van der Waals surface area contributed by atoms with Crippen LogP contribution < -0.4 is 19.8 Å². The molecular weight excluding hydrogens is 522 g/mol. The van der Waals surface area contributed by atoms with Crippen LogP contribution in [0.1, 0.15) is 50.3 Å². The Hall–Kier alpha value is -4.66. The molecule has 214 valence electrons. The molecule has 9 nitrogen and oxygen atoms in total. The second-order valence-electron chi connectivity index (χ2n) is 9.61. The van der Waals surface area contributed by atoms with Gasteiger partial charge in [0.05, 0.1) is 37.4 Å². The van der Waals surface area contributed by atoms with Gasteiger partial charge in [-0.25, -0.2) is 9.78 Å². The molecule has 3 aromatic carbocycles. The van der Waals surface area contributed by atoms with Gasteiger partial charge in [0.25, 0.3) is 5.56 Å². The molecule has 0 N–H and O–H groups in total. The number of nitrogens with zero attached hydrogens (tertiary/aromatic N) is 3. The van der Waals surface area contributed by atoms with Gasteiger partial charge in [-0.3, -0.25) is 4.79 Å². The Labute approximate surface area is 239 Å². The van der Waals surface area contributed by atoms with Crippen LogP contribution in [0.5, 0.6) is 17.2 Å². The zero-order valence-corrected chi connectivity index (χ0v) is 24.3. The molecule has 41 heavy (non-hydrogen) atoms. The Morgan fingerprint density at radius 3 is 2.41 bits per heavy atom. The summed E-state index contributed by atoms with van der Waals surface area (Å²) in [5.74, 6) is 1.77. The first-order valence-electron chi connectivity index (χ1n) is 13.6. The van der Waals surface area contributed by atoms with Gasteiger partial charge < -0.3 is 18.9 Å². The fraction of sp³-hybridized carbons (Fsp3) is 0.312. The normalized spacial score (nSPS) is 11.3. The number of ether oxygens (including phenoxy) is 4. The van der Waals surface area contributed by atoms with Crippen molar-refractivity contribution in [1.82, 2.24) is 9.66 Å². The van der Waals surface area contributed by atoms with Gasteiger partial charge in [0.1, 0.15) is 5.75 Å². The predicted molar refractivity (Wildman–Crippen MR) is 160 cm³/mol. The zero-order chi connectivity index (χ0) is 29.5. The minimum absolute atomic E-state index is 0.192. The number of hydrogen-bond acceptors (Lipinski definition) is 8. The van der Waals surface area contributed by atoms with Crippen molar-refractivity contribution in [3.8, 4) is 28.6 Å². The van der Waals surface area contributed by atoms with Gasteiger partial charge in [-0.15, -0.1) is 0 Å². The Bertz CT molecular complexity index is 1640. The second kappa shape index (κ2) is 13.1. The van der Waals surface area contributed by atoms with Crippen molar-refractivity contribution in [3.05, 3.63) is 81.6 Å². The molecule has 0 fully saturated rings. The van der Waals surface area contributed by atoms with Gasteiger partial charge in [-0.1, -0.05) is 26.0 Å². The first-order chi connectivity index (χ1) is 19.8. The number of para-hydroxylation sites is 1. The summed E-state index contributed by atoms with van der Waals surface area (Å²) in [6.45, 7) is 10.7. The summed E-state index contributed by atoms with van der Waals surface area (Å²) in [4.78, 5) is 30.2. The van der Waals surface area contributed by atoms with Crippen LogP contribution in [-0.4, -0.2) is 48.8 Å². The highest BCUT2D eigenvalue weighted by Crippen LogP contribution is 2.34. The molecule has 4 aromatic rings. The minimum Gasteiger partial charge on any atom is -0.494 e.